The van der Waals surface area contributed by atoms with Crippen LogP contribution in [0.3, 0.4) is 0 Å². The molecule has 156 valence electrons. The minimum Gasteiger partial charge on any atom is -0.336 e. The number of aromatic nitrogens is 4. The molecule has 8 nitrogen and oxygen atoms in total. The van der Waals surface area contributed by atoms with Crippen molar-refractivity contribution in [2.24, 2.45) is 0 Å². The van der Waals surface area contributed by atoms with Crippen LogP contribution in [0.2, 0.25) is 0 Å². The zero-order valence-corrected chi connectivity index (χ0v) is 18.0. The topological polar surface area (TPSA) is 61.9 Å². The molecule has 0 unspecified atom stereocenters. The highest BCUT2D eigenvalue weighted by Gasteiger charge is 2.26. The normalized spacial score (nSPS) is 16.0. The van der Waals surface area contributed by atoms with Crippen LogP contribution in [0.1, 0.15) is 29.5 Å². The van der Waals surface area contributed by atoms with E-state index in [4.69, 9.17) is 4.98 Å². The maximum Gasteiger partial charge on any atom is 0.274 e. The Morgan fingerprint density at radius 1 is 1.24 bits per heavy atom. The number of nitrogens with zero attached hydrogens (tertiary/aromatic N) is 7. The summed E-state index contributed by atoms with van der Waals surface area (Å²) in [5, 5.41) is 6.32. The predicted molar refractivity (Wildman–Crippen MR) is 114 cm³/mol. The highest BCUT2D eigenvalue weighted by molar-refractivity contribution is 7.15. The number of rotatable bonds is 7. The molecule has 29 heavy (non-hydrogen) atoms. The van der Waals surface area contributed by atoms with E-state index >= 15 is 0 Å². The number of carbonyl (C=O) groups excluding carboxylic acids is 1. The Hall–Kier alpha value is -2.23. The summed E-state index contributed by atoms with van der Waals surface area (Å²) in [5.41, 5.74) is 1.60. The molecule has 3 aromatic heterocycles. The molecular weight excluding hydrogens is 386 g/mol. The lowest BCUT2D eigenvalue weighted by Crippen LogP contribution is -2.36. The molecule has 3 aromatic rings. The Balaban J connectivity index is 1.54. The van der Waals surface area contributed by atoms with Crippen molar-refractivity contribution in [3.05, 3.63) is 41.4 Å². The largest absolute Gasteiger partial charge is 0.336 e. The molecule has 0 atom stereocenters. The molecule has 1 saturated heterocycles. The summed E-state index contributed by atoms with van der Waals surface area (Å²) in [5.74, 6) is 0.0642. The van der Waals surface area contributed by atoms with Gasteiger partial charge in [-0.15, -0.1) is 11.3 Å². The van der Waals surface area contributed by atoms with Gasteiger partial charge in [0.1, 0.15) is 0 Å². The van der Waals surface area contributed by atoms with Crippen molar-refractivity contribution < 1.29 is 4.79 Å². The molecule has 1 aliphatic heterocycles. The fraction of sp³-hybridized carbons (Fsp3) is 0.550. The van der Waals surface area contributed by atoms with Crippen LogP contribution in [0.5, 0.6) is 0 Å². The van der Waals surface area contributed by atoms with E-state index in [1.807, 2.05) is 33.4 Å². The molecule has 0 saturated carbocycles. The van der Waals surface area contributed by atoms with Gasteiger partial charge in [-0.2, -0.15) is 5.10 Å². The summed E-state index contributed by atoms with van der Waals surface area (Å²) in [7, 11) is 2.12. The SMILES string of the molecule is CCN(CCn1cccn1)Cc1c(C(=O)N2CCCN(C)CC2)nc2sccn12. The van der Waals surface area contributed by atoms with Crippen molar-refractivity contribution in [2.75, 3.05) is 46.3 Å². The minimum atomic E-state index is 0.0642. The zero-order valence-electron chi connectivity index (χ0n) is 17.2. The van der Waals surface area contributed by atoms with Crippen molar-refractivity contribution in [1.82, 2.24) is 33.9 Å². The van der Waals surface area contributed by atoms with Crippen LogP contribution in [0.25, 0.3) is 4.96 Å². The van der Waals surface area contributed by atoms with E-state index in [1.54, 1.807) is 17.5 Å². The Morgan fingerprint density at radius 2 is 2.14 bits per heavy atom. The van der Waals surface area contributed by atoms with E-state index < -0.39 is 0 Å². The molecule has 0 aliphatic carbocycles. The maximum absolute atomic E-state index is 13.4. The molecule has 1 fully saturated rings. The molecule has 1 aliphatic rings. The molecule has 0 radical (unpaired) electrons. The lowest BCUT2D eigenvalue weighted by atomic mass is 10.2. The number of amides is 1. The first kappa shape index (κ1) is 20.1. The summed E-state index contributed by atoms with van der Waals surface area (Å²) in [6.07, 6.45) is 6.81. The fourth-order valence-corrected chi connectivity index (χ4v) is 4.52. The molecule has 0 spiro atoms. The molecule has 0 aromatic carbocycles. The van der Waals surface area contributed by atoms with Crippen LogP contribution in [-0.4, -0.2) is 86.1 Å². The van der Waals surface area contributed by atoms with E-state index in [9.17, 15) is 4.79 Å². The first-order valence-corrected chi connectivity index (χ1v) is 11.2. The number of hydrogen-bond donors (Lipinski definition) is 0. The second-order valence-corrected chi connectivity index (χ2v) is 8.42. The van der Waals surface area contributed by atoms with Gasteiger partial charge in [-0.3, -0.25) is 18.8 Å². The first-order valence-electron chi connectivity index (χ1n) is 10.3. The fourth-order valence-electron chi connectivity index (χ4n) is 3.79. The van der Waals surface area contributed by atoms with Gasteiger partial charge < -0.3 is 9.80 Å². The third-order valence-electron chi connectivity index (χ3n) is 5.60. The molecule has 0 bridgehead atoms. The van der Waals surface area contributed by atoms with Crippen molar-refractivity contribution >= 4 is 22.2 Å². The molecular formula is C20H29N7OS. The van der Waals surface area contributed by atoms with Gasteiger partial charge in [-0.25, -0.2) is 4.98 Å². The van der Waals surface area contributed by atoms with Gasteiger partial charge in [-0.05, 0) is 32.6 Å². The maximum atomic E-state index is 13.4. The van der Waals surface area contributed by atoms with Gasteiger partial charge in [0.25, 0.3) is 5.91 Å². The predicted octanol–water partition coefficient (Wildman–Crippen LogP) is 1.89. The van der Waals surface area contributed by atoms with Crippen LogP contribution in [0.4, 0.5) is 0 Å². The van der Waals surface area contributed by atoms with Gasteiger partial charge in [-0.1, -0.05) is 6.92 Å². The zero-order chi connectivity index (χ0) is 20.2. The van der Waals surface area contributed by atoms with Gasteiger partial charge in [0.2, 0.25) is 0 Å². The lowest BCUT2D eigenvalue weighted by Gasteiger charge is -2.23. The van der Waals surface area contributed by atoms with Crippen LogP contribution in [0, 0.1) is 0 Å². The second kappa shape index (κ2) is 9.06. The quantitative estimate of drug-likeness (QED) is 0.590. The third-order valence-corrected chi connectivity index (χ3v) is 6.35. The van der Waals surface area contributed by atoms with Crippen LogP contribution in [0.15, 0.2) is 30.0 Å². The van der Waals surface area contributed by atoms with E-state index in [-0.39, 0.29) is 5.91 Å². The molecule has 0 N–H and O–H groups in total. The summed E-state index contributed by atoms with van der Waals surface area (Å²) in [6, 6.07) is 1.94. The smallest absolute Gasteiger partial charge is 0.274 e. The van der Waals surface area contributed by atoms with Gasteiger partial charge >= 0.3 is 0 Å². The lowest BCUT2D eigenvalue weighted by molar-refractivity contribution is 0.0755. The van der Waals surface area contributed by atoms with Gasteiger partial charge in [0.15, 0.2) is 10.7 Å². The number of hydrogen-bond acceptors (Lipinski definition) is 6. The van der Waals surface area contributed by atoms with Crippen molar-refractivity contribution in [2.45, 2.75) is 26.4 Å². The van der Waals surface area contributed by atoms with E-state index in [0.29, 0.717) is 12.2 Å². The van der Waals surface area contributed by atoms with Crippen molar-refractivity contribution in [3.63, 3.8) is 0 Å². The average molecular weight is 416 g/mol. The van der Waals surface area contributed by atoms with Crippen LogP contribution < -0.4 is 0 Å². The second-order valence-electron chi connectivity index (χ2n) is 7.55. The molecule has 1 amide bonds. The monoisotopic (exact) mass is 415 g/mol. The summed E-state index contributed by atoms with van der Waals surface area (Å²) < 4.78 is 4.03. The highest BCUT2D eigenvalue weighted by Crippen LogP contribution is 2.21. The summed E-state index contributed by atoms with van der Waals surface area (Å²) >= 11 is 1.58. The Kier molecular flexibility index (Phi) is 6.27. The van der Waals surface area contributed by atoms with Crippen molar-refractivity contribution in [1.29, 1.82) is 0 Å². The van der Waals surface area contributed by atoms with Crippen LogP contribution in [-0.2, 0) is 13.1 Å². The molecule has 9 heteroatoms. The van der Waals surface area contributed by atoms with Gasteiger partial charge in [0.05, 0.1) is 12.2 Å². The molecule has 4 heterocycles. The standard InChI is InChI=1S/C20H29N7OS/c1-3-24(11-13-26-9-4-6-21-26)16-17-18(22-20-27(17)14-15-29-20)19(28)25-8-5-7-23(2)10-12-25/h4,6,9,14-15H,3,5,7-8,10-13,16H2,1-2H3. The number of fused-ring (bicyclic) bond motifs is 1. The third kappa shape index (κ3) is 4.52. The van der Waals surface area contributed by atoms with E-state index in [2.05, 4.69) is 33.3 Å². The highest BCUT2D eigenvalue weighted by atomic mass is 32.1. The first-order chi connectivity index (χ1) is 14.2. The number of imidazole rings is 1. The van der Waals surface area contributed by atoms with E-state index in [1.165, 1.54) is 0 Å². The minimum absolute atomic E-state index is 0.0642. The number of carbonyl (C=O) groups is 1. The number of thiazole rings is 1. The summed E-state index contributed by atoms with van der Waals surface area (Å²) in [4.78, 5) is 25.6. The Morgan fingerprint density at radius 3 is 2.93 bits per heavy atom. The Labute approximate surface area is 175 Å². The number of likely N-dealkylation sites (N-methyl/N-ethyl adjacent to an activating group) is 2. The van der Waals surface area contributed by atoms with Gasteiger partial charge in [0, 0.05) is 56.7 Å². The van der Waals surface area contributed by atoms with Crippen molar-refractivity contribution in [3.8, 4) is 0 Å². The Bertz CT molecular complexity index is 932. The van der Waals surface area contributed by atoms with Crippen LogP contribution >= 0.6 is 11.3 Å². The molecule has 4 rings (SSSR count). The average Bonchev–Trinajstić information content (AvgIpc) is 3.42. The van der Waals surface area contributed by atoms with E-state index in [0.717, 1.165) is 62.9 Å². The summed E-state index contributed by atoms with van der Waals surface area (Å²) in [6.45, 7) is 8.96.